The first-order valence-corrected chi connectivity index (χ1v) is 5.60. The molecule has 1 fully saturated rings. The van der Waals surface area contributed by atoms with Gasteiger partial charge in [-0.2, -0.15) is 0 Å². The van der Waals surface area contributed by atoms with Gasteiger partial charge in [-0.05, 0) is 13.3 Å². The highest BCUT2D eigenvalue weighted by atomic mass is 16.5. The van der Waals surface area contributed by atoms with Gasteiger partial charge < -0.3 is 19.1 Å². The van der Waals surface area contributed by atoms with Crippen molar-refractivity contribution in [3.8, 4) is 0 Å². The fourth-order valence-corrected chi connectivity index (χ4v) is 1.82. The Bertz CT molecular complexity index is 222. The summed E-state index contributed by atoms with van der Waals surface area (Å²) in [5.41, 5.74) is 0. The lowest BCUT2D eigenvalue weighted by Crippen LogP contribution is -2.42. The van der Waals surface area contributed by atoms with Crippen LogP contribution in [0.4, 0.5) is 0 Å². The van der Waals surface area contributed by atoms with Crippen LogP contribution in [0.3, 0.4) is 0 Å². The molecule has 0 radical (unpaired) electrons. The Balaban J connectivity index is 2.24. The second kappa shape index (κ2) is 6.83. The van der Waals surface area contributed by atoms with E-state index in [1.807, 2.05) is 6.92 Å². The molecule has 0 aromatic heterocycles. The number of carbonyl (C=O) groups excluding carboxylic acids is 1. The second-order valence-electron chi connectivity index (χ2n) is 3.98. The van der Waals surface area contributed by atoms with E-state index in [2.05, 4.69) is 0 Å². The van der Waals surface area contributed by atoms with Gasteiger partial charge in [0.1, 0.15) is 6.61 Å². The van der Waals surface area contributed by atoms with Crippen molar-refractivity contribution in [2.45, 2.75) is 25.5 Å². The summed E-state index contributed by atoms with van der Waals surface area (Å²) in [6.07, 6.45) is 1.02. The van der Waals surface area contributed by atoms with Crippen molar-refractivity contribution < 1.29 is 19.0 Å². The largest absolute Gasteiger partial charge is 0.382 e. The monoisotopic (exact) mass is 231 g/mol. The fraction of sp³-hybridized carbons (Fsp3) is 0.909. The highest BCUT2D eigenvalue weighted by Gasteiger charge is 2.30. The van der Waals surface area contributed by atoms with Gasteiger partial charge in [0, 0.05) is 20.8 Å². The number of amides is 1. The molecular formula is C11H21NO4. The van der Waals surface area contributed by atoms with Gasteiger partial charge in [-0.25, -0.2) is 0 Å². The molecule has 1 heterocycles. The highest BCUT2D eigenvalue weighted by molar-refractivity contribution is 5.77. The van der Waals surface area contributed by atoms with E-state index in [9.17, 15) is 4.79 Å². The second-order valence-corrected chi connectivity index (χ2v) is 3.98. The number of hydrogen-bond acceptors (Lipinski definition) is 4. The summed E-state index contributed by atoms with van der Waals surface area (Å²) in [5, 5.41) is 0. The van der Waals surface area contributed by atoms with Crippen LogP contribution in [0.1, 0.15) is 13.3 Å². The maximum absolute atomic E-state index is 11.7. The topological polar surface area (TPSA) is 48.0 Å². The molecule has 5 heteroatoms. The Hall–Kier alpha value is -0.650. The maximum atomic E-state index is 11.7. The van der Waals surface area contributed by atoms with Crippen LogP contribution in [0.2, 0.25) is 0 Å². The van der Waals surface area contributed by atoms with Crippen molar-refractivity contribution in [2.75, 3.05) is 40.6 Å². The predicted molar refractivity (Wildman–Crippen MR) is 59.3 cm³/mol. The minimum absolute atomic E-state index is 0.00143. The molecule has 1 aliphatic rings. The SMILES string of the molecule is COCCOCC(=O)N(C)C1CCOC1C. The number of nitrogens with zero attached hydrogens (tertiary/aromatic N) is 1. The smallest absolute Gasteiger partial charge is 0.248 e. The summed E-state index contributed by atoms with van der Waals surface area (Å²) in [4.78, 5) is 13.5. The quantitative estimate of drug-likeness (QED) is 0.616. The number of hydrogen-bond donors (Lipinski definition) is 0. The summed E-state index contributed by atoms with van der Waals surface area (Å²) in [5.74, 6) is -0.00143. The molecule has 5 nitrogen and oxygen atoms in total. The van der Waals surface area contributed by atoms with E-state index in [-0.39, 0.29) is 24.7 Å². The van der Waals surface area contributed by atoms with Gasteiger partial charge >= 0.3 is 0 Å². The van der Waals surface area contributed by atoms with Crippen LogP contribution in [0.15, 0.2) is 0 Å². The Morgan fingerprint density at radius 2 is 2.25 bits per heavy atom. The zero-order valence-corrected chi connectivity index (χ0v) is 10.3. The van der Waals surface area contributed by atoms with Crippen LogP contribution in [0.5, 0.6) is 0 Å². The molecular weight excluding hydrogens is 210 g/mol. The molecule has 0 bridgehead atoms. The Labute approximate surface area is 96.6 Å². The van der Waals surface area contributed by atoms with Crippen LogP contribution >= 0.6 is 0 Å². The third-order valence-electron chi connectivity index (χ3n) is 2.88. The standard InChI is InChI=1S/C11H21NO4/c1-9-10(4-5-16-9)12(2)11(13)8-15-7-6-14-3/h9-10H,4-8H2,1-3H3. The van der Waals surface area contributed by atoms with Crippen molar-refractivity contribution in [1.29, 1.82) is 0 Å². The number of rotatable bonds is 6. The lowest BCUT2D eigenvalue weighted by molar-refractivity contribution is -0.138. The average molecular weight is 231 g/mol. The van der Waals surface area contributed by atoms with Gasteiger partial charge in [0.25, 0.3) is 0 Å². The molecule has 1 rings (SSSR count). The third-order valence-corrected chi connectivity index (χ3v) is 2.88. The highest BCUT2D eigenvalue weighted by Crippen LogP contribution is 2.18. The van der Waals surface area contributed by atoms with Gasteiger partial charge in [-0.15, -0.1) is 0 Å². The molecule has 2 unspecified atom stereocenters. The van der Waals surface area contributed by atoms with Gasteiger partial charge in [0.2, 0.25) is 5.91 Å². The van der Waals surface area contributed by atoms with E-state index in [1.54, 1.807) is 19.1 Å². The van der Waals surface area contributed by atoms with E-state index in [1.165, 1.54) is 0 Å². The van der Waals surface area contributed by atoms with Crippen molar-refractivity contribution in [3.05, 3.63) is 0 Å². The van der Waals surface area contributed by atoms with Crippen LogP contribution in [-0.4, -0.2) is 63.5 Å². The first-order chi connectivity index (χ1) is 7.66. The lowest BCUT2D eigenvalue weighted by atomic mass is 10.1. The molecule has 0 saturated carbocycles. The van der Waals surface area contributed by atoms with Gasteiger partial charge in [0.15, 0.2) is 0 Å². The Morgan fingerprint density at radius 1 is 1.50 bits per heavy atom. The first kappa shape index (κ1) is 13.4. The molecule has 0 aliphatic carbocycles. The van der Waals surface area contributed by atoms with Crippen LogP contribution in [0, 0.1) is 0 Å². The normalized spacial score (nSPS) is 24.7. The average Bonchev–Trinajstić information content (AvgIpc) is 2.69. The summed E-state index contributed by atoms with van der Waals surface area (Å²) in [6, 6.07) is 0.179. The molecule has 0 aromatic carbocycles. The minimum Gasteiger partial charge on any atom is -0.382 e. The predicted octanol–water partition coefficient (Wildman–Crippen LogP) is 0.285. The zero-order chi connectivity index (χ0) is 12.0. The van der Waals surface area contributed by atoms with Crippen molar-refractivity contribution in [3.63, 3.8) is 0 Å². The molecule has 0 spiro atoms. The van der Waals surface area contributed by atoms with E-state index in [0.717, 1.165) is 13.0 Å². The number of carbonyl (C=O) groups is 1. The van der Waals surface area contributed by atoms with E-state index < -0.39 is 0 Å². The molecule has 0 aromatic rings. The molecule has 16 heavy (non-hydrogen) atoms. The molecule has 94 valence electrons. The molecule has 0 N–H and O–H groups in total. The van der Waals surface area contributed by atoms with Gasteiger partial charge in [-0.1, -0.05) is 0 Å². The van der Waals surface area contributed by atoms with Crippen molar-refractivity contribution in [2.24, 2.45) is 0 Å². The summed E-state index contributed by atoms with van der Waals surface area (Å²) in [7, 11) is 3.41. The molecule has 1 saturated heterocycles. The molecule has 2 atom stereocenters. The van der Waals surface area contributed by atoms with Crippen LogP contribution < -0.4 is 0 Å². The van der Waals surface area contributed by atoms with Crippen LogP contribution in [-0.2, 0) is 19.0 Å². The lowest BCUT2D eigenvalue weighted by Gasteiger charge is -2.26. The summed E-state index contributed by atoms with van der Waals surface area (Å²) < 4.78 is 15.5. The Morgan fingerprint density at radius 3 is 2.81 bits per heavy atom. The zero-order valence-electron chi connectivity index (χ0n) is 10.3. The van der Waals surface area contributed by atoms with Gasteiger partial charge in [-0.3, -0.25) is 4.79 Å². The number of ether oxygens (including phenoxy) is 3. The summed E-state index contributed by atoms with van der Waals surface area (Å²) in [6.45, 7) is 3.80. The summed E-state index contributed by atoms with van der Waals surface area (Å²) >= 11 is 0. The van der Waals surface area contributed by atoms with Crippen LogP contribution in [0.25, 0.3) is 0 Å². The maximum Gasteiger partial charge on any atom is 0.248 e. The fourth-order valence-electron chi connectivity index (χ4n) is 1.82. The van der Waals surface area contributed by atoms with Crippen molar-refractivity contribution in [1.82, 2.24) is 4.90 Å². The Kier molecular flexibility index (Phi) is 5.73. The third kappa shape index (κ3) is 3.73. The van der Waals surface area contributed by atoms with E-state index >= 15 is 0 Å². The number of likely N-dealkylation sites (N-methyl/N-ethyl adjacent to an activating group) is 1. The minimum atomic E-state index is -0.00143. The van der Waals surface area contributed by atoms with E-state index in [0.29, 0.717) is 13.2 Å². The molecule has 1 amide bonds. The van der Waals surface area contributed by atoms with Crippen molar-refractivity contribution >= 4 is 5.91 Å². The molecule has 1 aliphatic heterocycles. The van der Waals surface area contributed by atoms with Gasteiger partial charge in [0.05, 0.1) is 25.4 Å². The number of methoxy groups -OCH3 is 1. The van der Waals surface area contributed by atoms with E-state index in [4.69, 9.17) is 14.2 Å². The first-order valence-electron chi connectivity index (χ1n) is 5.60.